The lowest BCUT2D eigenvalue weighted by atomic mass is 10.1. The summed E-state index contributed by atoms with van der Waals surface area (Å²) in [5, 5.41) is 13.0. The number of hydrogen-bond acceptors (Lipinski definition) is 7. The molecule has 0 saturated heterocycles. The lowest BCUT2D eigenvalue weighted by Gasteiger charge is -2.09. The Balaban J connectivity index is 2.16. The van der Waals surface area contributed by atoms with Gasteiger partial charge in [0.05, 0.1) is 36.8 Å². The molecule has 0 spiro atoms. The average molecular weight is 370 g/mol. The summed E-state index contributed by atoms with van der Waals surface area (Å²) in [6.45, 7) is 5.63. The van der Waals surface area contributed by atoms with Crippen molar-refractivity contribution in [2.24, 2.45) is 0 Å². The molecule has 8 nitrogen and oxygen atoms in total. The van der Waals surface area contributed by atoms with E-state index in [4.69, 9.17) is 14.2 Å². The molecule has 1 aromatic carbocycles. The van der Waals surface area contributed by atoms with Gasteiger partial charge in [0.15, 0.2) is 11.3 Å². The fourth-order valence-electron chi connectivity index (χ4n) is 2.80. The number of carbonyl (C=O) groups is 1. The summed E-state index contributed by atoms with van der Waals surface area (Å²) < 4.78 is 17.4. The van der Waals surface area contributed by atoms with Crippen LogP contribution in [0.4, 0.5) is 0 Å². The fraction of sp³-hybridized carbons (Fsp3) is 0.368. The van der Waals surface area contributed by atoms with E-state index in [1.54, 1.807) is 39.5 Å². The number of rotatable bonds is 6. The zero-order valence-corrected chi connectivity index (χ0v) is 16.0. The molecule has 0 aliphatic heterocycles. The van der Waals surface area contributed by atoms with E-state index in [-0.39, 0.29) is 11.8 Å². The largest absolute Gasteiger partial charge is 0.497 e. The van der Waals surface area contributed by atoms with E-state index < -0.39 is 5.97 Å². The Kier molecular flexibility index (Phi) is 5.36. The maximum Gasteiger partial charge on any atom is 0.361 e. The Bertz CT molecular complexity index is 964. The smallest absolute Gasteiger partial charge is 0.361 e. The molecule has 0 unspecified atom stereocenters. The van der Waals surface area contributed by atoms with Crippen LogP contribution in [0.5, 0.6) is 5.75 Å². The van der Waals surface area contributed by atoms with Crippen LogP contribution in [0, 0.1) is 6.92 Å². The summed E-state index contributed by atoms with van der Waals surface area (Å²) in [6.07, 6.45) is -0.245. The first-order valence-corrected chi connectivity index (χ1v) is 8.55. The molecule has 0 bridgehead atoms. The molecule has 2 aromatic heterocycles. The summed E-state index contributed by atoms with van der Waals surface area (Å²) in [6, 6.07) is 7.58. The Morgan fingerprint density at radius 3 is 2.44 bits per heavy atom. The number of nitrogens with zero attached hydrogens (tertiary/aromatic N) is 4. The predicted molar refractivity (Wildman–Crippen MR) is 98.8 cm³/mol. The number of esters is 1. The van der Waals surface area contributed by atoms with Crippen molar-refractivity contribution in [2.45, 2.75) is 33.5 Å². The van der Waals surface area contributed by atoms with Crippen molar-refractivity contribution in [1.82, 2.24) is 19.8 Å². The highest BCUT2D eigenvalue weighted by atomic mass is 16.5. The molecule has 27 heavy (non-hydrogen) atoms. The third-order valence-electron chi connectivity index (χ3n) is 4.03. The van der Waals surface area contributed by atoms with Crippen LogP contribution >= 0.6 is 0 Å². The second-order valence-electron chi connectivity index (χ2n) is 6.31. The number of ether oxygens (including phenoxy) is 3. The number of aromatic nitrogens is 4. The van der Waals surface area contributed by atoms with E-state index >= 15 is 0 Å². The van der Waals surface area contributed by atoms with Crippen LogP contribution in [-0.4, -0.2) is 46.1 Å². The molecule has 3 rings (SSSR count). The molecule has 142 valence electrons. The van der Waals surface area contributed by atoms with E-state index in [1.807, 2.05) is 24.3 Å². The van der Waals surface area contributed by atoms with Gasteiger partial charge in [0.2, 0.25) is 0 Å². The van der Waals surface area contributed by atoms with E-state index in [2.05, 4.69) is 15.3 Å². The van der Waals surface area contributed by atoms with Crippen LogP contribution < -0.4 is 4.74 Å². The zero-order chi connectivity index (χ0) is 19.6. The van der Waals surface area contributed by atoms with Gasteiger partial charge in [0.1, 0.15) is 5.75 Å². The third-order valence-corrected chi connectivity index (χ3v) is 4.03. The highest BCUT2D eigenvalue weighted by molar-refractivity contribution is 5.89. The van der Waals surface area contributed by atoms with Crippen molar-refractivity contribution in [2.75, 3.05) is 14.2 Å². The van der Waals surface area contributed by atoms with Crippen molar-refractivity contribution in [3.05, 3.63) is 41.3 Å². The van der Waals surface area contributed by atoms with Crippen molar-refractivity contribution >= 4 is 11.6 Å². The van der Waals surface area contributed by atoms with Gasteiger partial charge in [-0.25, -0.2) is 9.31 Å². The Morgan fingerprint density at radius 2 is 1.85 bits per heavy atom. The van der Waals surface area contributed by atoms with Gasteiger partial charge in [0.25, 0.3) is 0 Å². The van der Waals surface area contributed by atoms with Crippen LogP contribution in [0.2, 0.25) is 0 Å². The first kappa shape index (κ1) is 18.8. The van der Waals surface area contributed by atoms with Crippen LogP contribution in [0.25, 0.3) is 16.8 Å². The second-order valence-corrected chi connectivity index (χ2v) is 6.31. The lowest BCUT2D eigenvalue weighted by molar-refractivity contribution is 0.0367. The minimum atomic E-state index is -0.522. The van der Waals surface area contributed by atoms with E-state index in [1.165, 1.54) is 0 Å². The molecule has 0 atom stereocenters. The van der Waals surface area contributed by atoms with Gasteiger partial charge in [-0.05, 0) is 38.5 Å². The molecule has 0 N–H and O–H groups in total. The summed E-state index contributed by atoms with van der Waals surface area (Å²) in [5.41, 5.74) is 3.66. The molecule has 0 amide bonds. The minimum absolute atomic E-state index is 0.143. The molecule has 0 saturated carbocycles. The van der Waals surface area contributed by atoms with Gasteiger partial charge in [0, 0.05) is 7.11 Å². The zero-order valence-electron chi connectivity index (χ0n) is 16.0. The molecule has 0 fully saturated rings. The average Bonchev–Trinajstić information content (AvgIpc) is 3.01. The highest BCUT2D eigenvalue weighted by Crippen LogP contribution is 2.30. The van der Waals surface area contributed by atoms with E-state index in [9.17, 15) is 4.79 Å². The molecule has 0 aliphatic rings. The number of aryl methyl sites for hydroxylation is 1. The maximum atomic E-state index is 12.3. The highest BCUT2D eigenvalue weighted by Gasteiger charge is 2.23. The van der Waals surface area contributed by atoms with Crippen molar-refractivity contribution < 1.29 is 19.0 Å². The van der Waals surface area contributed by atoms with Gasteiger partial charge < -0.3 is 14.2 Å². The summed E-state index contributed by atoms with van der Waals surface area (Å²) >= 11 is 0. The fourth-order valence-corrected chi connectivity index (χ4v) is 2.80. The predicted octanol–water partition coefficient (Wildman–Crippen LogP) is 2.82. The van der Waals surface area contributed by atoms with Crippen molar-refractivity contribution in [1.29, 1.82) is 0 Å². The maximum absolute atomic E-state index is 12.3. The molecular formula is C19H22N4O4. The molecular weight excluding hydrogens is 348 g/mol. The quantitative estimate of drug-likeness (QED) is 0.617. The summed E-state index contributed by atoms with van der Waals surface area (Å²) in [4.78, 5) is 12.3. The van der Waals surface area contributed by atoms with Crippen LogP contribution in [0.3, 0.4) is 0 Å². The molecule has 8 heteroatoms. The Morgan fingerprint density at radius 1 is 1.15 bits per heavy atom. The van der Waals surface area contributed by atoms with Gasteiger partial charge in [-0.3, -0.25) is 0 Å². The van der Waals surface area contributed by atoms with E-state index in [0.717, 1.165) is 16.9 Å². The topological polar surface area (TPSA) is 87.8 Å². The van der Waals surface area contributed by atoms with Crippen molar-refractivity contribution in [3.63, 3.8) is 0 Å². The number of benzene rings is 1. The number of carbonyl (C=O) groups excluding carboxylic acids is 1. The minimum Gasteiger partial charge on any atom is -0.497 e. The monoisotopic (exact) mass is 370 g/mol. The molecule has 3 aromatic rings. The van der Waals surface area contributed by atoms with Crippen LogP contribution in [0.1, 0.15) is 35.7 Å². The van der Waals surface area contributed by atoms with Crippen LogP contribution in [0.15, 0.2) is 24.3 Å². The first-order valence-electron chi connectivity index (χ1n) is 8.55. The third kappa shape index (κ3) is 3.61. The second kappa shape index (κ2) is 7.71. The number of fused-ring (bicyclic) bond motifs is 1. The molecule has 0 radical (unpaired) electrons. The summed E-state index contributed by atoms with van der Waals surface area (Å²) in [5.74, 6) is 0.233. The van der Waals surface area contributed by atoms with Crippen LogP contribution in [-0.2, 0) is 16.1 Å². The van der Waals surface area contributed by atoms with Gasteiger partial charge in [-0.15, -0.1) is 10.2 Å². The Hall–Kier alpha value is -3.00. The number of methoxy groups -OCH3 is 2. The first-order chi connectivity index (χ1) is 13.0. The van der Waals surface area contributed by atoms with Gasteiger partial charge in [-0.2, -0.15) is 5.10 Å². The summed E-state index contributed by atoms with van der Waals surface area (Å²) in [7, 11) is 3.22. The van der Waals surface area contributed by atoms with Gasteiger partial charge in [-0.1, -0.05) is 12.1 Å². The SMILES string of the molecule is COCc1nn2c(C)c(C(=O)OC(C)C)nnc2c1-c1ccc(OC)cc1. The van der Waals surface area contributed by atoms with E-state index in [0.29, 0.717) is 23.6 Å². The number of hydrogen-bond donors (Lipinski definition) is 0. The molecule has 2 heterocycles. The van der Waals surface area contributed by atoms with Crippen molar-refractivity contribution in [3.8, 4) is 16.9 Å². The Labute approximate surface area is 157 Å². The molecule has 0 aliphatic carbocycles. The standard InChI is InChI=1S/C19H22N4O4/c1-11(2)27-19(24)17-12(3)23-18(21-20-17)16(15(22-23)10-25-4)13-6-8-14(26-5)9-7-13/h6-9,11H,10H2,1-5H3. The normalized spacial score (nSPS) is 11.2. The van der Waals surface area contributed by atoms with Gasteiger partial charge >= 0.3 is 5.97 Å². The lowest BCUT2D eigenvalue weighted by Crippen LogP contribution is -2.17.